The van der Waals surface area contributed by atoms with Crippen molar-refractivity contribution in [1.82, 2.24) is 10.3 Å². The molecule has 3 N–H and O–H groups in total. The molecule has 0 spiro atoms. The van der Waals surface area contributed by atoms with Crippen LogP contribution >= 0.6 is 0 Å². The first-order valence-electron chi connectivity index (χ1n) is 6.69. The van der Waals surface area contributed by atoms with E-state index in [4.69, 9.17) is 0 Å². The maximum absolute atomic E-state index is 9.49. The minimum absolute atomic E-state index is 0.0278. The predicted molar refractivity (Wildman–Crippen MR) is 70.2 cm³/mol. The Hall–Kier alpha value is -0.970. The van der Waals surface area contributed by atoms with Crippen LogP contribution in [-0.2, 0) is 0 Å². The third kappa shape index (κ3) is 3.07. The van der Waals surface area contributed by atoms with Gasteiger partial charge in [-0.1, -0.05) is 6.07 Å². The van der Waals surface area contributed by atoms with Crippen molar-refractivity contribution in [3.8, 4) is 0 Å². The van der Waals surface area contributed by atoms with Gasteiger partial charge in [0.1, 0.15) is 0 Å². The number of aliphatic hydroxyl groups excluding tert-OH is 2. The molecule has 18 heavy (non-hydrogen) atoms. The van der Waals surface area contributed by atoms with Crippen LogP contribution in [0, 0.1) is 11.8 Å². The molecule has 0 saturated carbocycles. The van der Waals surface area contributed by atoms with E-state index in [2.05, 4.69) is 16.4 Å². The number of pyridine rings is 1. The minimum atomic E-state index is -0.0858. The fourth-order valence-electron chi connectivity index (χ4n) is 2.99. The Bertz CT molecular complexity index is 335. The maximum Gasteiger partial charge on any atom is 0.0487 e. The van der Waals surface area contributed by atoms with Gasteiger partial charge in [-0.3, -0.25) is 4.98 Å². The first kappa shape index (κ1) is 13.5. The molecule has 1 atom stereocenters. The molecule has 1 saturated heterocycles. The average molecular weight is 250 g/mol. The van der Waals surface area contributed by atoms with Gasteiger partial charge in [0, 0.05) is 31.5 Å². The second-order valence-corrected chi connectivity index (χ2v) is 5.02. The van der Waals surface area contributed by atoms with E-state index in [0.717, 1.165) is 31.5 Å². The SMILES string of the molecule is OCC(CO)C(c1cccnc1)C1CCNCC1. The molecular formula is C14H22N2O2. The molecule has 0 radical (unpaired) electrons. The lowest BCUT2D eigenvalue weighted by atomic mass is 9.74. The fourth-order valence-corrected chi connectivity index (χ4v) is 2.99. The molecule has 4 heteroatoms. The zero-order chi connectivity index (χ0) is 12.8. The fraction of sp³-hybridized carbons (Fsp3) is 0.643. The van der Waals surface area contributed by atoms with Gasteiger partial charge < -0.3 is 15.5 Å². The summed E-state index contributed by atoms with van der Waals surface area (Å²) >= 11 is 0. The predicted octanol–water partition coefficient (Wildman–Crippen LogP) is 0.766. The van der Waals surface area contributed by atoms with E-state index >= 15 is 0 Å². The number of nitrogens with one attached hydrogen (secondary N) is 1. The molecule has 0 bridgehead atoms. The second kappa shape index (κ2) is 6.83. The topological polar surface area (TPSA) is 65.4 Å². The van der Waals surface area contributed by atoms with Crippen molar-refractivity contribution >= 4 is 0 Å². The normalized spacial score (nSPS) is 19.1. The second-order valence-electron chi connectivity index (χ2n) is 5.02. The highest BCUT2D eigenvalue weighted by Crippen LogP contribution is 2.36. The average Bonchev–Trinajstić information content (AvgIpc) is 2.46. The Labute approximate surface area is 108 Å². The maximum atomic E-state index is 9.49. The number of aliphatic hydroxyl groups is 2. The summed E-state index contributed by atoms with van der Waals surface area (Å²) in [4.78, 5) is 4.17. The summed E-state index contributed by atoms with van der Waals surface area (Å²) in [5.74, 6) is 0.632. The molecule has 1 aliphatic heterocycles. The molecule has 1 aromatic rings. The molecule has 2 heterocycles. The number of piperidine rings is 1. The molecule has 2 rings (SSSR count). The van der Waals surface area contributed by atoms with Gasteiger partial charge in [0.15, 0.2) is 0 Å². The third-order valence-corrected chi connectivity index (χ3v) is 3.94. The lowest BCUT2D eigenvalue weighted by Gasteiger charge is -2.35. The molecule has 1 unspecified atom stereocenters. The van der Waals surface area contributed by atoms with Gasteiger partial charge in [-0.15, -0.1) is 0 Å². The number of nitrogens with zero attached hydrogens (tertiary/aromatic N) is 1. The van der Waals surface area contributed by atoms with Gasteiger partial charge >= 0.3 is 0 Å². The Morgan fingerprint density at radius 3 is 2.56 bits per heavy atom. The van der Waals surface area contributed by atoms with Crippen LogP contribution in [0.25, 0.3) is 0 Å². The van der Waals surface area contributed by atoms with Crippen molar-refractivity contribution in [1.29, 1.82) is 0 Å². The van der Waals surface area contributed by atoms with Crippen LogP contribution in [0.15, 0.2) is 24.5 Å². The van der Waals surface area contributed by atoms with Crippen LogP contribution in [0.1, 0.15) is 24.3 Å². The molecule has 0 aliphatic carbocycles. The number of hydrogen-bond acceptors (Lipinski definition) is 4. The highest BCUT2D eigenvalue weighted by Gasteiger charge is 2.31. The van der Waals surface area contributed by atoms with Gasteiger partial charge in [0.25, 0.3) is 0 Å². The number of hydrogen-bond donors (Lipinski definition) is 3. The highest BCUT2D eigenvalue weighted by molar-refractivity contribution is 5.17. The lowest BCUT2D eigenvalue weighted by Crippen LogP contribution is -2.35. The van der Waals surface area contributed by atoms with Crippen molar-refractivity contribution in [2.75, 3.05) is 26.3 Å². The lowest BCUT2D eigenvalue weighted by molar-refractivity contribution is 0.102. The molecular weight excluding hydrogens is 228 g/mol. The first-order chi connectivity index (χ1) is 8.86. The molecule has 0 aromatic carbocycles. The van der Waals surface area contributed by atoms with Gasteiger partial charge in [0.05, 0.1) is 0 Å². The molecule has 4 nitrogen and oxygen atoms in total. The molecule has 1 aromatic heterocycles. The van der Waals surface area contributed by atoms with E-state index in [1.54, 1.807) is 6.20 Å². The van der Waals surface area contributed by atoms with Gasteiger partial charge in [-0.05, 0) is 49.4 Å². The minimum Gasteiger partial charge on any atom is -0.396 e. The van der Waals surface area contributed by atoms with Gasteiger partial charge in [-0.2, -0.15) is 0 Å². The Morgan fingerprint density at radius 2 is 2.00 bits per heavy atom. The molecule has 1 fully saturated rings. The first-order valence-corrected chi connectivity index (χ1v) is 6.69. The van der Waals surface area contributed by atoms with Gasteiger partial charge in [0.2, 0.25) is 0 Å². The summed E-state index contributed by atoms with van der Waals surface area (Å²) in [6.07, 6.45) is 5.81. The number of rotatable bonds is 5. The third-order valence-electron chi connectivity index (χ3n) is 3.94. The van der Waals surface area contributed by atoms with Crippen LogP contribution in [0.2, 0.25) is 0 Å². The van der Waals surface area contributed by atoms with Crippen LogP contribution in [0.3, 0.4) is 0 Å². The van der Waals surface area contributed by atoms with Crippen molar-refractivity contribution < 1.29 is 10.2 Å². The van der Waals surface area contributed by atoms with Crippen molar-refractivity contribution in [2.24, 2.45) is 11.8 Å². The van der Waals surface area contributed by atoms with Crippen LogP contribution in [-0.4, -0.2) is 41.5 Å². The van der Waals surface area contributed by atoms with E-state index in [1.165, 1.54) is 0 Å². The molecule has 0 amide bonds. The van der Waals surface area contributed by atoms with E-state index < -0.39 is 0 Å². The monoisotopic (exact) mass is 250 g/mol. The Morgan fingerprint density at radius 1 is 1.28 bits per heavy atom. The number of aromatic nitrogens is 1. The summed E-state index contributed by atoms with van der Waals surface area (Å²) in [7, 11) is 0. The largest absolute Gasteiger partial charge is 0.396 e. The Balaban J connectivity index is 2.21. The molecule has 1 aliphatic rings. The summed E-state index contributed by atoms with van der Waals surface area (Å²) in [6.45, 7) is 2.09. The van der Waals surface area contributed by atoms with Crippen LogP contribution in [0.5, 0.6) is 0 Å². The van der Waals surface area contributed by atoms with Crippen molar-refractivity contribution in [2.45, 2.75) is 18.8 Å². The zero-order valence-corrected chi connectivity index (χ0v) is 10.6. The van der Waals surface area contributed by atoms with E-state index in [1.807, 2.05) is 12.3 Å². The van der Waals surface area contributed by atoms with Crippen molar-refractivity contribution in [3.05, 3.63) is 30.1 Å². The smallest absolute Gasteiger partial charge is 0.0487 e. The molecule has 100 valence electrons. The van der Waals surface area contributed by atoms with Crippen LogP contribution in [0.4, 0.5) is 0 Å². The van der Waals surface area contributed by atoms with Gasteiger partial charge in [-0.25, -0.2) is 0 Å². The summed E-state index contributed by atoms with van der Waals surface area (Å²) in [5, 5.41) is 22.3. The van der Waals surface area contributed by atoms with E-state index in [0.29, 0.717) is 5.92 Å². The summed E-state index contributed by atoms with van der Waals surface area (Å²) in [6, 6.07) is 3.98. The summed E-state index contributed by atoms with van der Waals surface area (Å²) < 4.78 is 0. The van der Waals surface area contributed by atoms with Crippen LogP contribution < -0.4 is 5.32 Å². The van der Waals surface area contributed by atoms with E-state index in [-0.39, 0.29) is 25.0 Å². The van der Waals surface area contributed by atoms with E-state index in [9.17, 15) is 10.2 Å². The zero-order valence-electron chi connectivity index (χ0n) is 10.6. The standard InChI is InChI=1S/C14H22N2O2/c17-9-13(10-18)14(11-3-6-15-7-4-11)12-2-1-5-16-8-12/h1-2,5,8,11,13-15,17-18H,3-4,6-7,9-10H2. The quantitative estimate of drug-likeness (QED) is 0.722. The van der Waals surface area contributed by atoms with Crippen molar-refractivity contribution in [3.63, 3.8) is 0 Å². The highest BCUT2D eigenvalue weighted by atomic mass is 16.3. The Kier molecular flexibility index (Phi) is 5.11. The summed E-state index contributed by atoms with van der Waals surface area (Å²) in [5.41, 5.74) is 1.14.